The number of hydrogen-bond donors (Lipinski definition) is 1. The lowest BCUT2D eigenvalue weighted by molar-refractivity contribution is 0.711. The molecule has 6 heteroatoms. The zero-order chi connectivity index (χ0) is 15.4. The van der Waals surface area contributed by atoms with Gasteiger partial charge in [0, 0.05) is 17.5 Å². The van der Waals surface area contributed by atoms with Crippen LogP contribution in [0.5, 0.6) is 0 Å². The van der Waals surface area contributed by atoms with Gasteiger partial charge in [-0.25, -0.2) is 4.98 Å². The standard InChI is InChI=1S/C16H19N5S/c1-2-3-9-15-13(10-17)19-20-21(15)16-18-14(11-22-16)12-7-5-4-6-8-12/h4-8,11H,2-3,9-10,17H2,1H3. The normalized spacial score (nSPS) is 11.0. The molecule has 2 heterocycles. The minimum absolute atomic E-state index is 0.413. The summed E-state index contributed by atoms with van der Waals surface area (Å²) in [6.07, 6.45) is 3.15. The van der Waals surface area contributed by atoms with Crippen molar-refractivity contribution in [3.63, 3.8) is 0 Å². The number of benzene rings is 1. The third-order valence-electron chi connectivity index (χ3n) is 3.55. The Hall–Kier alpha value is -2.05. The van der Waals surface area contributed by atoms with Gasteiger partial charge in [-0.2, -0.15) is 4.68 Å². The van der Waals surface area contributed by atoms with Gasteiger partial charge in [0.25, 0.3) is 0 Å². The van der Waals surface area contributed by atoms with Crippen LogP contribution in [0, 0.1) is 0 Å². The number of aromatic nitrogens is 4. The molecule has 0 fully saturated rings. The molecule has 0 unspecified atom stereocenters. The van der Waals surface area contributed by atoms with Crippen LogP contribution in [-0.2, 0) is 13.0 Å². The van der Waals surface area contributed by atoms with Gasteiger partial charge >= 0.3 is 0 Å². The zero-order valence-electron chi connectivity index (χ0n) is 12.6. The fraction of sp³-hybridized carbons (Fsp3) is 0.312. The summed E-state index contributed by atoms with van der Waals surface area (Å²) in [5.74, 6) is 0. The second kappa shape index (κ2) is 6.81. The van der Waals surface area contributed by atoms with Gasteiger partial charge in [0.2, 0.25) is 5.13 Å². The first-order valence-electron chi connectivity index (χ1n) is 7.48. The van der Waals surface area contributed by atoms with Gasteiger partial charge in [0.05, 0.1) is 17.1 Å². The van der Waals surface area contributed by atoms with Gasteiger partial charge in [-0.3, -0.25) is 0 Å². The molecular weight excluding hydrogens is 294 g/mol. The number of rotatable bonds is 6. The molecule has 5 nitrogen and oxygen atoms in total. The lowest BCUT2D eigenvalue weighted by Gasteiger charge is -2.03. The van der Waals surface area contributed by atoms with Gasteiger partial charge in [-0.05, 0) is 12.8 Å². The molecule has 0 amide bonds. The molecule has 0 saturated heterocycles. The fourth-order valence-electron chi connectivity index (χ4n) is 2.34. The number of nitrogens with two attached hydrogens (primary N) is 1. The van der Waals surface area contributed by atoms with Crippen LogP contribution in [0.25, 0.3) is 16.4 Å². The van der Waals surface area contributed by atoms with Crippen molar-refractivity contribution in [2.75, 3.05) is 0 Å². The van der Waals surface area contributed by atoms with E-state index in [1.54, 1.807) is 11.3 Å². The molecule has 0 bridgehead atoms. The Labute approximate surface area is 133 Å². The monoisotopic (exact) mass is 313 g/mol. The van der Waals surface area contributed by atoms with Crippen molar-refractivity contribution in [3.05, 3.63) is 47.1 Å². The maximum absolute atomic E-state index is 5.78. The molecule has 1 aromatic carbocycles. The molecule has 0 saturated carbocycles. The van der Waals surface area contributed by atoms with Gasteiger partial charge in [-0.15, -0.1) is 16.4 Å². The van der Waals surface area contributed by atoms with E-state index in [1.807, 2.05) is 22.9 Å². The highest BCUT2D eigenvalue weighted by Gasteiger charge is 2.15. The van der Waals surface area contributed by atoms with E-state index in [4.69, 9.17) is 10.7 Å². The number of thiazole rings is 1. The Kier molecular flexibility index (Phi) is 4.60. The van der Waals surface area contributed by atoms with Crippen molar-refractivity contribution >= 4 is 11.3 Å². The van der Waals surface area contributed by atoms with E-state index >= 15 is 0 Å². The van der Waals surface area contributed by atoms with E-state index in [1.165, 1.54) is 0 Å². The molecule has 0 radical (unpaired) electrons. The molecule has 2 N–H and O–H groups in total. The first kappa shape index (κ1) is 14.9. The Morgan fingerprint density at radius 1 is 1.23 bits per heavy atom. The highest BCUT2D eigenvalue weighted by atomic mass is 32.1. The Morgan fingerprint density at radius 3 is 2.77 bits per heavy atom. The summed E-state index contributed by atoms with van der Waals surface area (Å²) >= 11 is 1.58. The van der Waals surface area contributed by atoms with Crippen molar-refractivity contribution in [3.8, 4) is 16.4 Å². The number of unbranched alkanes of at least 4 members (excludes halogenated alkanes) is 1. The molecule has 22 heavy (non-hydrogen) atoms. The number of hydrogen-bond acceptors (Lipinski definition) is 5. The first-order valence-corrected chi connectivity index (χ1v) is 8.36. The van der Waals surface area contributed by atoms with E-state index in [9.17, 15) is 0 Å². The zero-order valence-corrected chi connectivity index (χ0v) is 13.4. The Morgan fingerprint density at radius 2 is 2.05 bits per heavy atom. The van der Waals surface area contributed by atoms with Crippen LogP contribution in [0.15, 0.2) is 35.7 Å². The predicted molar refractivity (Wildman–Crippen MR) is 89.0 cm³/mol. The van der Waals surface area contributed by atoms with Crippen molar-refractivity contribution in [2.24, 2.45) is 5.73 Å². The summed E-state index contributed by atoms with van der Waals surface area (Å²) in [4.78, 5) is 4.71. The Bertz CT molecular complexity index is 732. The Balaban J connectivity index is 1.95. The van der Waals surface area contributed by atoms with Crippen LogP contribution < -0.4 is 5.73 Å². The van der Waals surface area contributed by atoms with Gasteiger partial charge in [-0.1, -0.05) is 48.9 Å². The molecule has 0 aliphatic carbocycles. The van der Waals surface area contributed by atoms with Crippen molar-refractivity contribution in [1.29, 1.82) is 0 Å². The molecule has 0 aliphatic heterocycles. The largest absolute Gasteiger partial charge is 0.325 e. The van der Waals surface area contributed by atoms with Crippen LogP contribution >= 0.6 is 11.3 Å². The molecule has 0 spiro atoms. The smallest absolute Gasteiger partial charge is 0.212 e. The van der Waals surface area contributed by atoms with Crippen LogP contribution in [-0.4, -0.2) is 20.0 Å². The summed E-state index contributed by atoms with van der Waals surface area (Å²) in [5.41, 5.74) is 9.80. The summed E-state index contributed by atoms with van der Waals surface area (Å²) < 4.78 is 1.84. The highest BCUT2D eigenvalue weighted by molar-refractivity contribution is 7.12. The second-order valence-electron chi connectivity index (χ2n) is 5.08. The molecule has 0 atom stereocenters. The summed E-state index contributed by atoms with van der Waals surface area (Å²) in [5, 5.41) is 11.4. The highest BCUT2D eigenvalue weighted by Crippen LogP contribution is 2.25. The van der Waals surface area contributed by atoms with E-state index in [2.05, 4.69) is 34.7 Å². The van der Waals surface area contributed by atoms with Crippen molar-refractivity contribution < 1.29 is 0 Å². The van der Waals surface area contributed by atoms with Gasteiger partial charge in [0.1, 0.15) is 0 Å². The average Bonchev–Trinajstić information content (AvgIpc) is 3.20. The minimum Gasteiger partial charge on any atom is -0.325 e. The lowest BCUT2D eigenvalue weighted by Crippen LogP contribution is -2.06. The van der Waals surface area contributed by atoms with Crippen molar-refractivity contribution in [2.45, 2.75) is 32.7 Å². The number of nitrogens with zero attached hydrogens (tertiary/aromatic N) is 4. The summed E-state index contributed by atoms with van der Waals surface area (Å²) in [7, 11) is 0. The fourth-order valence-corrected chi connectivity index (χ4v) is 3.15. The third kappa shape index (κ3) is 2.93. The van der Waals surface area contributed by atoms with Crippen LogP contribution in [0.3, 0.4) is 0 Å². The molecule has 2 aromatic heterocycles. The van der Waals surface area contributed by atoms with E-state index in [-0.39, 0.29) is 0 Å². The lowest BCUT2D eigenvalue weighted by atomic mass is 10.1. The predicted octanol–water partition coefficient (Wildman–Crippen LogP) is 3.19. The molecule has 3 rings (SSSR count). The average molecular weight is 313 g/mol. The van der Waals surface area contributed by atoms with E-state index in [0.29, 0.717) is 6.54 Å². The molecule has 0 aliphatic rings. The van der Waals surface area contributed by atoms with Crippen molar-refractivity contribution in [1.82, 2.24) is 20.0 Å². The topological polar surface area (TPSA) is 69.6 Å². The molecule has 3 aromatic rings. The van der Waals surface area contributed by atoms with Gasteiger partial charge < -0.3 is 5.73 Å². The molecule has 114 valence electrons. The molecular formula is C16H19N5S. The minimum atomic E-state index is 0.413. The van der Waals surface area contributed by atoms with Crippen LogP contribution in [0.1, 0.15) is 31.2 Å². The van der Waals surface area contributed by atoms with E-state index < -0.39 is 0 Å². The first-order chi connectivity index (χ1) is 10.8. The maximum Gasteiger partial charge on any atom is 0.212 e. The van der Waals surface area contributed by atoms with Crippen LogP contribution in [0.4, 0.5) is 0 Å². The summed E-state index contributed by atoms with van der Waals surface area (Å²) in [6.45, 7) is 2.59. The van der Waals surface area contributed by atoms with E-state index in [0.717, 1.165) is 47.0 Å². The van der Waals surface area contributed by atoms with Gasteiger partial charge in [0.15, 0.2) is 0 Å². The van der Waals surface area contributed by atoms with Crippen LogP contribution in [0.2, 0.25) is 0 Å². The SMILES string of the molecule is CCCCc1c(CN)nnn1-c1nc(-c2ccccc2)cs1. The third-order valence-corrected chi connectivity index (χ3v) is 4.36. The maximum atomic E-state index is 5.78. The quantitative estimate of drug-likeness (QED) is 0.758. The summed E-state index contributed by atoms with van der Waals surface area (Å²) in [6, 6.07) is 10.2. The second-order valence-corrected chi connectivity index (χ2v) is 5.92.